The second kappa shape index (κ2) is 4.15. The summed E-state index contributed by atoms with van der Waals surface area (Å²) in [4.78, 5) is 0. The molecule has 2 N–H and O–H groups in total. The van der Waals surface area contributed by atoms with Crippen molar-refractivity contribution in [2.45, 2.75) is 27.2 Å². The monoisotopic (exact) mass is 139 g/mol. The molecule has 0 radical (unpaired) electrons. The van der Waals surface area contributed by atoms with Crippen molar-refractivity contribution < 1.29 is 0 Å². The molecule has 58 valence electrons. The fraction of sp³-hybridized carbons (Fsp3) is 0.556. The summed E-state index contributed by atoms with van der Waals surface area (Å²) in [6.07, 6.45) is 3.16. The summed E-state index contributed by atoms with van der Waals surface area (Å²) in [5, 5.41) is 0. The predicted octanol–water partition coefficient (Wildman–Crippen LogP) is 2.45. The lowest BCUT2D eigenvalue weighted by Gasteiger charge is -2.09. The van der Waals surface area contributed by atoms with Crippen LogP contribution in [0, 0.1) is 5.92 Å². The third kappa shape index (κ3) is 2.72. The van der Waals surface area contributed by atoms with E-state index in [1.54, 1.807) is 0 Å². The normalized spacial score (nSPS) is 12.2. The van der Waals surface area contributed by atoms with Crippen LogP contribution in [0.3, 0.4) is 0 Å². The van der Waals surface area contributed by atoms with E-state index in [2.05, 4.69) is 33.4 Å². The molecule has 0 aliphatic rings. The molecule has 0 unspecified atom stereocenters. The van der Waals surface area contributed by atoms with Gasteiger partial charge in [-0.1, -0.05) is 33.4 Å². The largest absolute Gasteiger partial charge is 0.399 e. The van der Waals surface area contributed by atoms with Gasteiger partial charge in [0.1, 0.15) is 0 Å². The summed E-state index contributed by atoms with van der Waals surface area (Å²) in [5.74, 6) is 0.498. The lowest BCUT2D eigenvalue weighted by Crippen LogP contribution is -2.04. The number of rotatable bonds is 3. The lowest BCUT2D eigenvalue weighted by atomic mass is 10.00. The van der Waals surface area contributed by atoms with E-state index < -0.39 is 0 Å². The Kier molecular flexibility index (Phi) is 3.85. The van der Waals surface area contributed by atoms with Crippen LogP contribution in [-0.4, -0.2) is 0 Å². The number of allylic oxidation sites excluding steroid dienone is 2. The first kappa shape index (κ1) is 9.28. The van der Waals surface area contributed by atoms with Gasteiger partial charge < -0.3 is 5.73 Å². The van der Waals surface area contributed by atoms with Crippen LogP contribution >= 0.6 is 0 Å². The minimum Gasteiger partial charge on any atom is -0.399 e. The van der Waals surface area contributed by atoms with E-state index in [0.29, 0.717) is 11.6 Å². The van der Waals surface area contributed by atoms with Gasteiger partial charge in [-0.3, -0.25) is 0 Å². The quantitative estimate of drug-likeness (QED) is 0.597. The lowest BCUT2D eigenvalue weighted by molar-refractivity contribution is 0.769. The van der Waals surface area contributed by atoms with Crippen LogP contribution in [0.2, 0.25) is 0 Å². The maximum absolute atomic E-state index is 5.56. The molecule has 0 spiro atoms. The number of hydrogen-bond acceptors (Lipinski definition) is 1. The van der Waals surface area contributed by atoms with Crippen LogP contribution in [0.4, 0.5) is 0 Å². The van der Waals surface area contributed by atoms with E-state index >= 15 is 0 Å². The molecule has 0 atom stereocenters. The third-order valence-corrected chi connectivity index (χ3v) is 1.42. The maximum atomic E-state index is 5.56. The second-order valence-corrected chi connectivity index (χ2v) is 2.75. The highest BCUT2D eigenvalue weighted by atomic mass is 14.6. The molecule has 0 aromatic carbocycles. The first-order valence-corrected chi connectivity index (χ1v) is 3.74. The SMILES string of the molecule is C=C(N)/C(=C\CC)C(C)C. The first-order valence-electron chi connectivity index (χ1n) is 3.74. The van der Waals surface area contributed by atoms with Gasteiger partial charge in [0.25, 0.3) is 0 Å². The zero-order valence-electron chi connectivity index (χ0n) is 7.15. The molecule has 0 aliphatic carbocycles. The van der Waals surface area contributed by atoms with E-state index in [9.17, 15) is 0 Å². The summed E-state index contributed by atoms with van der Waals surface area (Å²) in [5.41, 5.74) is 7.45. The molecule has 0 rings (SSSR count). The van der Waals surface area contributed by atoms with Gasteiger partial charge in [0, 0.05) is 5.70 Å². The highest BCUT2D eigenvalue weighted by molar-refractivity contribution is 5.26. The Morgan fingerprint density at radius 1 is 1.60 bits per heavy atom. The molecule has 0 amide bonds. The van der Waals surface area contributed by atoms with Crippen LogP contribution in [0.15, 0.2) is 23.9 Å². The van der Waals surface area contributed by atoms with Crippen molar-refractivity contribution in [1.82, 2.24) is 0 Å². The van der Waals surface area contributed by atoms with Crippen molar-refractivity contribution in [1.29, 1.82) is 0 Å². The summed E-state index contributed by atoms with van der Waals surface area (Å²) in [6, 6.07) is 0. The molecular formula is C9H17N. The van der Waals surface area contributed by atoms with E-state index in [1.165, 1.54) is 5.57 Å². The van der Waals surface area contributed by atoms with Crippen molar-refractivity contribution in [3.8, 4) is 0 Å². The minimum absolute atomic E-state index is 0.498. The average Bonchev–Trinajstić information content (AvgIpc) is 1.81. The van der Waals surface area contributed by atoms with Crippen LogP contribution in [0.25, 0.3) is 0 Å². The summed E-state index contributed by atoms with van der Waals surface area (Å²) < 4.78 is 0. The minimum atomic E-state index is 0.498. The Bertz CT molecular complexity index is 143. The fourth-order valence-electron chi connectivity index (χ4n) is 0.958. The molecular weight excluding hydrogens is 122 g/mol. The molecule has 1 nitrogen and oxygen atoms in total. The Balaban J connectivity index is 4.27. The predicted molar refractivity (Wildman–Crippen MR) is 46.5 cm³/mol. The third-order valence-electron chi connectivity index (χ3n) is 1.42. The van der Waals surface area contributed by atoms with Gasteiger partial charge in [0.2, 0.25) is 0 Å². The van der Waals surface area contributed by atoms with Gasteiger partial charge in [0.15, 0.2) is 0 Å². The standard InChI is InChI=1S/C9H17N/c1-5-6-9(7(2)3)8(4)10/h6-7H,4-5,10H2,1-3H3/b9-6-. The molecule has 1 heteroatoms. The Morgan fingerprint density at radius 2 is 2.10 bits per heavy atom. The van der Waals surface area contributed by atoms with Crippen LogP contribution < -0.4 is 5.73 Å². The smallest absolute Gasteiger partial charge is 0.0272 e. The Hall–Kier alpha value is -0.720. The van der Waals surface area contributed by atoms with Crippen molar-refractivity contribution in [2.75, 3.05) is 0 Å². The van der Waals surface area contributed by atoms with Crippen molar-refractivity contribution in [3.05, 3.63) is 23.9 Å². The Labute approximate surface area is 63.6 Å². The highest BCUT2D eigenvalue weighted by Gasteiger charge is 2.01. The molecule has 0 saturated carbocycles. The zero-order chi connectivity index (χ0) is 8.15. The molecule has 0 heterocycles. The molecule has 10 heavy (non-hydrogen) atoms. The Morgan fingerprint density at radius 3 is 2.20 bits per heavy atom. The maximum Gasteiger partial charge on any atom is 0.0272 e. The molecule has 0 fully saturated rings. The summed E-state index contributed by atoms with van der Waals surface area (Å²) >= 11 is 0. The number of hydrogen-bond donors (Lipinski definition) is 1. The second-order valence-electron chi connectivity index (χ2n) is 2.75. The van der Waals surface area contributed by atoms with E-state index in [-0.39, 0.29) is 0 Å². The molecule has 0 aromatic heterocycles. The van der Waals surface area contributed by atoms with Gasteiger partial charge in [-0.05, 0) is 17.9 Å². The topological polar surface area (TPSA) is 26.0 Å². The van der Waals surface area contributed by atoms with Crippen LogP contribution in [-0.2, 0) is 0 Å². The van der Waals surface area contributed by atoms with Gasteiger partial charge in [-0.15, -0.1) is 0 Å². The van der Waals surface area contributed by atoms with E-state index in [0.717, 1.165) is 6.42 Å². The molecule has 0 bridgehead atoms. The van der Waals surface area contributed by atoms with Crippen LogP contribution in [0.5, 0.6) is 0 Å². The average molecular weight is 139 g/mol. The first-order chi connectivity index (χ1) is 4.59. The molecule has 0 aliphatic heterocycles. The fourth-order valence-corrected chi connectivity index (χ4v) is 0.958. The summed E-state index contributed by atoms with van der Waals surface area (Å²) in [7, 11) is 0. The van der Waals surface area contributed by atoms with Gasteiger partial charge in [-0.2, -0.15) is 0 Å². The van der Waals surface area contributed by atoms with E-state index in [1.807, 2.05) is 0 Å². The van der Waals surface area contributed by atoms with Gasteiger partial charge in [-0.25, -0.2) is 0 Å². The number of nitrogens with two attached hydrogens (primary N) is 1. The van der Waals surface area contributed by atoms with Crippen molar-refractivity contribution >= 4 is 0 Å². The molecule has 0 aromatic rings. The van der Waals surface area contributed by atoms with Crippen LogP contribution in [0.1, 0.15) is 27.2 Å². The summed E-state index contributed by atoms with van der Waals surface area (Å²) in [6.45, 7) is 10.1. The molecule has 0 saturated heterocycles. The van der Waals surface area contributed by atoms with Crippen molar-refractivity contribution in [3.63, 3.8) is 0 Å². The highest BCUT2D eigenvalue weighted by Crippen LogP contribution is 2.14. The van der Waals surface area contributed by atoms with E-state index in [4.69, 9.17) is 5.73 Å². The van der Waals surface area contributed by atoms with Gasteiger partial charge in [0.05, 0.1) is 0 Å². The van der Waals surface area contributed by atoms with Gasteiger partial charge >= 0.3 is 0 Å². The van der Waals surface area contributed by atoms with Crippen molar-refractivity contribution in [2.24, 2.45) is 11.7 Å². The zero-order valence-corrected chi connectivity index (χ0v) is 7.15.